The number of rotatable bonds is 9. The van der Waals surface area contributed by atoms with Crippen molar-refractivity contribution in [2.45, 2.75) is 29.6 Å². The van der Waals surface area contributed by atoms with Crippen molar-refractivity contribution in [3.05, 3.63) is 66.1 Å². The van der Waals surface area contributed by atoms with Gasteiger partial charge < -0.3 is 4.42 Å². The van der Waals surface area contributed by atoms with Crippen LogP contribution in [0.5, 0.6) is 0 Å². The number of nitrogens with zero attached hydrogens (tertiary/aromatic N) is 2. The summed E-state index contributed by atoms with van der Waals surface area (Å²) in [6, 6.07) is 16.5. The van der Waals surface area contributed by atoms with Crippen molar-refractivity contribution in [2.75, 3.05) is 16.8 Å². The average molecular weight is 432 g/mol. The van der Waals surface area contributed by atoms with E-state index in [0.29, 0.717) is 12.3 Å². The SMILES string of the molecule is Cc1ccc(S(=O)(=O)CCC(=O)Nc2nnc(CCSc3ccccc3)o2)cc1. The molecule has 1 heterocycles. The van der Waals surface area contributed by atoms with Crippen molar-refractivity contribution in [2.24, 2.45) is 0 Å². The van der Waals surface area contributed by atoms with E-state index >= 15 is 0 Å². The highest BCUT2D eigenvalue weighted by Crippen LogP contribution is 2.19. The van der Waals surface area contributed by atoms with Gasteiger partial charge in [-0.2, -0.15) is 0 Å². The number of amides is 1. The minimum atomic E-state index is -3.53. The van der Waals surface area contributed by atoms with E-state index in [0.717, 1.165) is 16.2 Å². The summed E-state index contributed by atoms with van der Waals surface area (Å²) in [5.41, 5.74) is 0.969. The second kappa shape index (κ2) is 9.71. The molecule has 1 aromatic heterocycles. The summed E-state index contributed by atoms with van der Waals surface area (Å²) in [6.45, 7) is 1.88. The fourth-order valence-corrected chi connectivity index (χ4v) is 4.55. The van der Waals surface area contributed by atoms with Crippen LogP contribution in [0.25, 0.3) is 0 Å². The van der Waals surface area contributed by atoms with Crippen LogP contribution in [0.4, 0.5) is 6.01 Å². The predicted octanol–water partition coefficient (Wildman–Crippen LogP) is 3.52. The van der Waals surface area contributed by atoms with Crippen LogP contribution >= 0.6 is 11.8 Å². The normalized spacial score (nSPS) is 11.3. The third kappa shape index (κ3) is 6.43. The smallest absolute Gasteiger partial charge is 0.322 e. The third-order valence-electron chi connectivity index (χ3n) is 4.02. The summed E-state index contributed by atoms with van der Waals surface area (Å²) in [4.78, 5) is 13.4. The zero-order valence-electron chi connectivity index (χ0n) is 15.9. The minimum Gasteiger partial charge on any atom is -0.408 e. The van der Waals surface area contributed by atoms with E-state index in [4.69, 9.17) is 4.42 Å². The van der Waals surface area contributed by atoms with Crippen molar-refractivity contribution >= 4 is 33.5 Å². The Hall–Kier alpha value is -2.65. The predicted molar refractivity (Wildman–Crippen MR) is 112 cm³/mol. The number of benzene rings is 2. The first-order chi connectivity index (χ1) is 13.9. The van der Waals surface area contributed by atoms with Gasteiger partial charge in [0.25, 0.3) is 0 Å². The maximum absolute atomic E-state index is 12.3. The number of carbonyl (C=O) groups is 1. The third-order valence-corrected chi connectivity index (χ3v) is 6.76. The van der Waals surface area contributed by atoms with E-state index in [1.165, 1.54) is 0 Å². The number of sulfone groups is 1. The van der Waals surface area contributed by atoms with Gasteiger partial charge >= 0.3 is 6.01 Å². The van der Waals surface area contributed by atoms with Crippen LogP contribution in [-0.2, 0) is 21.1 Å². The van der Waals surface area contributed by atoms with Crippen molar-refractivity contribution < 1.29 is 17.6 Å². The topological polar surface area (TPSA) is 102 Å². The van der Waals surface area contributed by atoms with Gasteiger partial charge in [0.2, 0.25) is 11.8 Å². The molecule has 3 rings (SSSR count). The largest absolute Gasteiger partial charge is 0.408 e. The van der Waals surface area contributed by atoms with Gasteiger partial charge in [0.05, 0.1) is 10.6 Å². The van der Waals surface area contributed by atoms with E-state index in [1.54, 1.807) is 36.0 Å². The Morgan fingerprint density at radius 1 is 1.07 bits per heavy atom. The molecular formula is C20H21N3O4S2. The highest BCUT2D eigenvalue weighted by atomic mass is 32.2. The van der Waals surface area contributed by atoms with E-state index in [-0.39, 0.29) is 23.1 Å². The first kappa shape index (κ1) is 21.1. The minimum absolute atomic E-state index is 0.0255. The number of thioether (sulfide) groups is 1. The molecule has 0 radical (unpaired) electrons. The lowest BCUT2D eigenvalue weighted by atomic mass is 10.2. The second-order valence-corrected chi connectivity index (χ2v) is 9.62. The molecule has 0 saturated heterocycles. The van der Waals surface area contributed by atoms with Gasteiger partial charge in [-0.05, 0) is 31.2 Å². The van der Waals surface area contributed by atoms with E-state index < -0.39 is 15.7 Å². The lowest BCUT2D eigenvalue weighted by Gasteiger charge is -2.04. The molecule has 0 spiro atoms. The molecule has 1 amide bonds. The van der Waals surface area contributed by atoms with Gasteiger partial charge in [-0.15, -0.1) is 16.9 Å². The van der Waals surface area contributed by atoms with Crippen molar-refractivity contribution in [1.29, 1.82) is 0 Å². The molecule has 2 aromatic carbocycles. The summed E-state index contributed by atoms with van der Waals surface area (Å²) in [5.74, 6) is 0.385. The van der Waals surface area contributed by atoms with E-state index in [9.17, 15) is 13.2 Å². The van der Waals surface area contributed by atoms with Crippen LogP contribution in [0, 0.1) is 6.92 Å². The van der Waals surface area contributed by atoms with E-state index in [2.05, 4.69) is 15.5 Å². The van der Waals surface area contributed by atoms with Crippen LogP contribution in [0.2, 0.25) is 0 Å². The quantitative estimate of drug-likeness (QED) is 0.517. The summed E-state index contributed by atoms with van der Waals surface area (Å²) in [7, 11) is -3.53. The van der Waals surface area contributed by atoms with E-state index in [1.807, 2.05) is 37.3 Å². The zero-order chi connectivity index (χ0) is 20.7. The molecule has 152 valence electrons. The summed E-state index contributed by atoms with van der Waals surface area (Å²) in [5, 5.41) is 10.1. The van der Waals surface area contributed by atoms with Crippen molar-refractivity contribution in [1.82, 2.24) is 10.2 Å². The maximum Gasteiger partial charge on any atom is 0.322 e. The lowest BCUT2D eigenvalue weighted by molar-refractivity contribution is -0.116. The highest BCUT2D eigenvalue weighted by Gasteiger charge is 2.17. The molecule has 9 heteroatoms. The lowest BCUT2D eigenvalue weighted by Crippen LogP contribution is -2.17. The molecule has 0 bridgehead atoms. The number of aryl methyl sites for hydroxylation is 2. The molecule has 0 unspecified atom stereocenters. The van der Waals surface area contributed by atoms with Crippen molar-refractivity contribution in [3.8, 4) is 0 Å². The summed E-state index contributed by atoms with van der Waals surface area (Å²) in [6.07, 6.45) is 0.363. The number of hydrogen-bond donors (Lipinski definition) is 1. The van der Waals surface area contributed by atoms with Gasteiger partial charge in [0, 0.05) is 23.5 Å². The maximum atomic E-state index is 12.3. The summed E-state index contributed by atoms with van der Waals surface area (Å²) >= 11 is 1.67. The van der Waals surface area contributed by atoms with Crippen molar-refractivity contribution in [3.63, 3.8) is 0 Å². The highest BCUT2D eigenvalue weighted by molar-refractivity contribution is 7.99. The zero-order valence-corrected chi connectivity index (χ0v) is 17.5. The Balaban J connectivity index is 1.45. The van der Waals surface area contributed by atoms with Gasteiger partial charge in [0.1, 0.15) is 0 Å². The fourth-order valence-electron chi connectivity index (χ4n) is 2.45. The van der Waals surface area contributed by atoms with Gasteiger partial charge in [-0.1, -0.05) is 41.0 Å². The molecule has 0 aliphatic rings. The number of hydrogen-bond acceptors (Lipinski definition) is 7. The van der Waals surface area contributed by atoms with Crippen LogP contribution in [0.3, 0.4) is 0 Å². The molecule has 0 aliphatic heterocycles. The van der Waals surface area contributed by atoms with Crippen LogP contribution in [-0.4, -0.2) is 36.0 Å². The fraction of sp³-hybridized carbons (Fsp3) is 0.250. The Labute approximate surface area is 173 Å². The van der Waals surface area contributed by atoms with Gasteiger partial charge in [-0.3, -0.25) is 10.1 Å². The average Bonchev–Trinajstić information content (AvgIpc) is 3.15. The molecule has 0 fully saturated rings. The Morgan fingerprint density at radius 3 is 2.52 bits per heavy atom. The number of carbonyl (C=O) groups excluding carboxylic acids is 1. The first-order valence-corrected chi connectivity index (χ1v) is 11.7. The first-order valence-electron chi connectivity index (χ1n) is 9.02. The van der Waals surface area contributed by atoms with Crippen LogP contribution in [0.15, 0.2) is 68.8 Å². The molecular weight excluding hydrogens is 410 g/mol. The van der Waals surface area contributed by atoms with Gasteiger partial charge in [-0.25, -0.2) is 8.42 Å². The Kier molecular flexibility index (Phi) is 7.05. The van der Waals surface area contributed by atoms with Crippen LogP contribution in [0.1, 0.15) is 17.9 Å². The molecule has 1 N–H and O–H groups in total. The molecule has 29 heavy (non-hydrogen) atoms. The Morgan fingerprint density at radius 2 is 1.79 bits per heavy atom. The number of anilines is 1. The molecule has 3 aromatic rings. The second-order valence-electron chi connectivity index (χ2n) is 6.34. The van der Waals surface area contributed by atoms with Gasteiger partial charge in [0.15, 0.2) is 9.84 Å². The Bertz CT molecular complexity index is 1050. The molecule has 0 saturated carbocycles. The van der Waals surface area contributed by atoms with Crippen LogP contribution < -0.4 is 5.32 Å². The number of aromatic nitrogens is 2. The molecule has 0 aliphatic carbocycles. The summed E-state index contributed by atoms with van der Waals surface area (Å²) < 4.78 is 30.0. The molecule has 0 atom stereocenters. The monoisotopic (exact) mass is 431 g/mol. The molecule has 7 nitrogen and oxygen atoms in total. The standard InChI is InChI=1S/C20H21N3O4S2/c1-15-7-9-17(10-8-15)29(25,26)14-12-18(24)21-20-23-22-19(27-20)11-13-28-16-5-3-2-4-6-16/h2-10H,11-14H2,1H3,(H,21,23,24). The number of nitrogens with one attached hydrogen (secondary N) is 1.